The lowest BCUT2D eigenvalue weighted by molar-refractivity contribution is 0.380. The van der Waals surface area contributed by atoms with Gasteiger partial charge in [-0.05, 0) is 25.5 Å². The molecular weight excluding hydrogens is 240 g/mol. The maximum atomic E-state index is 5.48. The van der Waals surface area contributed by atoms with Gasteiger partial charge in [0.1, 0.15) is 0 Å². The maximum absolute atomic E-state index is 5.48. The highest BCUT2D eigenvalue weighted by atomic mass is 16.5. The minimum atomic E-state index is 0.262. The molecule has 2 aromatic heterocycles. The van der Waals surface area contributed by atoms with E-state index in [9.17, 15) is 0 Å². The van der Waals surface area contributed by atoms with E-state index < -0.39 is 0 Å². The summed E-state index contributed by atoms with van der Waals surface area (Å²) in [6.07, 6.45) is 0. The Morgan fingerprint density at radius 1 is 1.32 bits per heavy atom. The number of aryl methyl sites for hydroxylation is 2. The minimum absolute atomic E-state index is 0.262. The molecule has 0 radical (unpaired) electrons. The highest BCUT2D eigenvalue weighted by Gasteiger charge is 2.12. The Bertz CT molecular complexity index is 754. The van der Waals surface area contributed by atoms with Crippen LogP contribution in [0.3, 0.4) is 0 Å². The molecule has 0 spiro atoms. The molecule has 2 heterocycles. The molecular formula is C14H16N4O. The molecule has 5 heteroatoms. The predicted molar refractivity (Wildman–Crippen MR) is 73.6 cm³/mol. The summed E-state index contributed by atoms with van der Waals surface area (Å²) >= 11 is 0. The monoisotopic (exact) mass is 256 g/mol. The Balaban J connectivity index is 2.18. The first-order valence-corrected chi connectivity index (χ1v) is 6.20. The molecule has 5 nitrogen and oxygen atoms in total. The molecule has 0 aliphatic rings. The summed E-state index contributed by atoms with van der Waals surface area (Å²) in [6, 6.07) is 6.20. The second kappa shape index (κ2) is 4.20. The second-order valence-electron chi connectivity index (χ2n) is 4.72. The zero-order chi connectivity index (χ0) is 13.6. The Morgan fingerprint density at radius 3 is 2.79 bits per heavy atom. The third-order valence-corrected chi connectivity index (χ3v) is 3.71. The zero-order valence-electron chi connectivity index (χ0n) is 11.3. The summed E-state index contributed by atoms with van der Waals surface area (Å²) in [5.74, 6) is 1.04. The molecule has 98 valence electrons. The smallest absolute Gasteiger partial charge is 0.240 e. The fourth-order valence-electron chi connectivity index (χ4n) is 2.35. The number of hydrogen-bond acceptors (Lipinski definition) is 4. The first-order valence-electron chi connectivity index (χ1n) is 6.20. The molecule has 3 aromatic rings. The normalized spacial score (nSPS) is 11.4. The van der Waals surface area contributed by atoms with Gasteiger partial charge in [0.25, 0.3) is 0 Å². The van der Waals surface area contributed by atoms with Crippen LogP contribution in [0.1, 0.15) is 17.1 Å². The average molecular weight is 256 g/mol. The summed E-state index contributed by atoms with van der Waals surface area (Å²) in [7, 11) is 2.07. The molecule has 2 N–H and O–H groups in total. The Labute approximate surface area is 111 Å². The van der Waals surface area contributed by atoms with Gasteiger partial charge >= 0.3 is 0 Å². The van der Waals surface area contributed by atoms with Crippen LogP contribution < -0.4 is 5.73 Å². The third-order valence-electron chi connectivity index (χ3n) is 3.71. The molecule has 0 fully saturated rings. The summed E-state index contributed by atoms with van der Waals surface area (Å²) in [4.78, 5) is 4.25. The Kier molecular flexibility index (Phi) is 2.64. The standard InChI is InChI=1S/C14H16N4O/c1-8-9(2)18(3)12-6-10(4-5-11(8)12)14-16-13(7-15)19-17-14/h4-6H,7,15H2,1-3H3. The van der Waals surface area contributed by atoms with Gasteiger partial charge in [0.2, 0.25) is 11.7 Å². The van der Waals surface area contributed by atoms with Gasteiger partial charge in [-0.15, -0.1) is 0 Å². The van der Waals surface area contributed by atoms with Crippen molar-refractivity contribution in [2.24, 2.45) is 12.8 Å². The summed E-state index contributed by atoms with van der Waals surface area (Å²) in [5.41, 5.74) is 10.2. The van der Waals surface area contributed by atoms with Gasteiger partial charge < -0.3 is 14.8 Å². The van der Waals surface area contributed by atoms with Crippen molar-refractivity contribution in [3.63, 3.8) is 0 Å². The molecule has 0 atom stereocenters. The van der Waals surface area contributed by atoms with Gasteiger partial charge in [-0.2, -0.15) is 4.98 Å². The average Bonchev–Trinajstić information content (AvgIpc) is 2.99. The number of nitrogens with two attached hydrogens (primary N) is 1. The van der Waals surface area contributed by atoms with Crippen LogP contribution in [0, 0.1) is 13.8 Å². The van der Waals surface area contributed by atoms with E-state index in [2.05, 4.69) is 47.7 Å². The fraction of sp³-hybridized carbons (Fsp3) is 0.286. The molecule has 0 aliphatic heterocycles. The maximum Gasteiger partial charge on any atom is 0.240 e. The van der Waals surface area contributed by atoms with E-state index in [1.165, 1.54) is 22.2 Å². The van der Waals surface area contributed by atoms with Crippen LogP contribution in [0.25, 0.3) is 22.3 Å². The van der Waals surface area contributed by atoms with Crippen LogP contribution in [0.2, 0.25) is 0 Å². The topological polar surface area (TPSA) is 69.9 Å². The van der Waals surface area contributed by atoms with Crippen LogP contribution in [-0.4, -0.2) is 14.7 Å². The van der Waals surface area contributed by atoms with Gasteiger partial charge in [0.15, 0.2) is 0 Å². The van der Waals surface area contributed by atoms with E-state index >= 15 is 0 Å². The quantitative estimate of drug-likeness (QED) is 0.763. The molecule has 19 heavy (non-hydrogen) atoms. The van der Waals surface area contributed by atoms with E-state index in [0.29, 0.717) is 11.7 Å². The van der Waals surface area contributed by atoms with Crippen molar-refractivity contribution in [3.05, 3.63) is 35.3 Å². The summed E-state index contributed by atoms with van der Waals surface area (Å²) in [5, 5.41) is 5.20. The summed E-state index contributed by atoms with van der Waals surface area (Å²) in [6.45, 7) is 4.52. The molecule has 0 saturated heterocycles. The number of aromatic nitrogens is 3. The van der Waals surface area contributed by atoms with Crippen LogP contribution in [0.5, 0.6) is 0 Å². The van der Waals surface area contributed by atoms with Crippen LogP contribution >= 0.6 is 0 Å². The van der Waals surface area contributed by atoms with Crippen LogP contribution in [0.15, 0.2) is 22.7 Å². The molecule has 1 aromatic carbocycles. The van der Waals surface area contributed by atoms with Gasteiger partial charge in [0.05, 0.1) is 6.54 Å². The van der Waals surface area contributed by atoms with Crippen molar-refractivity contribution >= 4 is 10.9 Å². The highest BCUT2D eigenvalue weighted by molar-refractivity contribution is 5.88. The highest BCUT2D eigenvalue weighted by Crippen LogP contribution is 2.28. The Morgan fingerprint density at radius 2 is 2.11 bits per heavy atom. The molecule has 0 aliphatic carbocycles. The van der Waals surface area contributed by atoms with Crippen LogP contribution in [0.4, 0.5) is 0 Å². The van der Waals surface area contributed by atoms with Gasteiger partial charge in [0, 0.05) is 29.2 Å². The van der Waals surface area contributed by atoms with Crippen LogP contribution in [-0.2, 0) is 13.6 Å². The number of rotatable bonds is 2. The van der Waals surface area contributed by atoms with Crippen molar-refractivity contribution < 1.29 is 4.52 Å². The molecule has 0 bridgehead atoms. The van der Waals surface area contributed by atoms with E-state index in [1.54, 1.807) is 0 Å². The van der Waals surface area contributed by atoms with E-state index in [0.717, 1.165) is 5.56 Å². The minimum Gasteiger partial charge on any atom is -0.348 e. The van der Waals surface area contributed by atoms with Gasteiger partial charge in [-0.1, -0.05) is 17.3 Å². The molecule has 0 unspecified atom stereocenters. The van der Waals surface area contributed by atoms with Crippen molar-refractivity contribution in [2.45, 2.75) is 20.4 Å². The van der Waals surface area contributed by atoms with Crippen molar-refractivity contribution in [1.82, 2.24) is 14.7 Å². The van der Waals surface area contributed by atoms with Crippen molar-refractivity contribution in [2.75, 3.05) is 0 Å². The zero-order valence-corrected chi connectivity index (χ0v) is 11.3. The predicted octanol–water partition coefficient (Wildman–Crippen LogP) is 2.30. The summed E-state index contributed by atoms with van der Waals surface area (Å²) < 4.78 is 7.23. The fourth-order valence-corrected chi connectivity index (χ4v) is 2.35. The van der Waals surface area contributed by atoms with Gasteiger partial charge in [-0.3, -0.25) is 0 Å². The molecule has 3 rings (SSSR count). The lowest BCUT2D eigenvalue weighted by Crippen LogP contribution is -1.95. The van der Waals surface area contributed by atoms with E-state index in [4.69, 9.17) is 10.3 Å². The van der Waals surface area contributed by atoms with E-state index in [1.807, 2.05) is 6.07 Å². The molecule has 0 amide bonds. The second-order valence-corrected chi connectivity index (χ2v) is 4.72. The third kappa shape index (κ3) is 1.74. The van der Waals surface area contributed by atoms with Gasteiger partial charge in [-0.25, -0.2) is 0 Å². The number of benzene rings is 1. The number of hydrogen-bond donors (Lipinski definition) is 1. The number of fused-ring (bicyclic) bond motifs is 1. The lowest BCUT2D eigenvalue weighted by atomic mass is 10.1. The first-order chi connectivity index (χ1) is 9.11. The van der Waals surface area contributed by atoms with Crippen molar-refractivity contribution in [3.8, 4) is 11.4 Å². The van der Waals surface area contributed by atoms with Crippen molar-refractivity contribution in [1.29, 1.82) is 0 Å². The molecule has 0 saturated carbocycles. The van der Waals surface area contributed by atoms with E-state index in [-0.39, 0.29) is 6.54 Å². The number of nitrogens with zero attached hydrogens (tertiary/aromatic N) is 3. The Hall–Kier alpha value is -2.14. The SMILES string of the molecule is Cc1c(C)n(C)c2cc(-c3noc(CN)n3)ccc12. The first kappa shape index (κ1) is 11.9. The lowest BCUT2D eigenvalue weighted by Gasteiger charge is -2.00. The largest absolute Gasteiger partial charge is 0.348 e.